The molecule has 100 valence electrons. The van der Waals surface area contributed by atoms with E-state index < -0.39 is 0 Å². The van der Waals surface area contributed by atoms with Gasteiger partial charge in [0.1, 0.15) is 0 Å². The average Bonchev–Trinajstić information content (AvgIpc) is 2.42. The lowest BCUT2D eigenvalue weighted by atomic mass is 10.1. The minimum Gasteiger partial charge on any atom is -0.345 e. The molecule has 1 aromatic rings. The third-order valence-corrected chi connectivity index (χ3v) is 3.11. The van der Waals surface area contributed by atoms with Crippen molar-refractivity contribution < 1.29 is 4.79 Å². The largest absolute Gasteiger partial charge is 0.345 e. The monoisotopic (exact) mass is 249 g/mol. The predicted octanol–water partition coefficient (Wildman–Crippen LogP) is 1.46. The first-order valence-corrected chi connectivity index (χ1v) is 6.47. The molecule has 0 aliphatic heterocycles. The molecule has 0 fully saturated rings. The molecule has 0 aliphatic carbocycles. The van der Waals surface area contributed by atoms with Gasteiger partial charge in [0.25, 0.3) is 0 Å². The molecule has 0 saturated heterocycles. The molecule has 0 aromatic carbocycles. The van der Waals surface area contributed by atoms with Crippen LogP contribution in [0.5, 0.6) is 0 Å². The Kier molecular flexibility index (Phi) is 6.36. The van der Waals surface area contributed by atoms with Gasteiger partial charge in [-0.15, -0.1) is 0 Å². The van der Waals surface area contributed by atoms with E-state index in [-0.39, 0.29) is 5.91 Å². The van der Waals surface area contributed by atoms with Crippen LogP contribution in [0.15, 0.2) is 24.4 Å². The quantitative estimate of drug-likeness (QED) is 0.796. The summed E-state index contributed by atoms with van der Waals surface area (Å²) < 4.78 is 0. The van der Waals surface area contributed by atoms with Crippen molar-refractivity contribution in [3.8, 4) is 0 Å². The van der Waals surface area contributed by atoms with Crippen molar-refractivity contribution >= 4 is 5.91 Å². The van der Waals surface area contributed by atoms with Crippen LogP contribution in [-0.4, -0.2) is 35.9 Å². The molecule has 18 heavy (non-hydrogen) atoms. The van der Waals surface area contributed by atoms with Crippen LogP contribution >= 0.6 is 0 Å². The second kappa shape index (κ2) is 7.82. The van der Waals surface area contributed by atoms with E-state index in [0.717, 1.165) is 18.5 Å². The molecular weight excluding hydrogens is 226 g/mol. The SMILES string of the molecule is CC(CN)CCC(=O)N(C)CCc1ccccn1. The summed E-state index contributed by atoms with van der Waals surface area (Å²) >= 11 is 0. The Hall–Kier alpha value is -1.42. The fourth-order valence-electron chi connectivity index (χ4n) is 1.63. The number of carbonyl (C=O) groups excluding carboxylic acids is 1. The Balaban J connectivity index is 2.27. The third-order valence-electron chi connectivity index (χ3n) is 3.11. The van der Waals surface area contributed by atoms with Crippen molar-refractivity contribution in [3.05, 3.63) is 30.1 Å². The second-order valence-corrected chi connectivity index (χ2v) is 4.77. The van der Waals surface area contributed by atoms with Crippen molar-refractivity contribution in [1.29, 1.82) is 0 Å². The van der Waals surface area contributed by atoms with E-state index in [2.05, 4.69) is 11.9 Å². The lowest BCUT2D eigenvalue weighted by molar-refractivity contribution is -0.130. The molecule has 1 rings (SSSR count). The molecule has 0 bridgehead atoms. The van der Waals surface area contributed by atoms with E-state index in [9.17, 15) is 4.79 Å². The van der Waals surface area contributed by atoms with Gasteiger partial charge in [0.05, 0.1) is 0 Å². The lowest BCUT2D eigenvalue weighted by Crippen LogP contribution is -2.29. The minimum atomic E-state index is 0.186. The van der Waals surface area contributed by atoms with Gasteiger partial charge < -0.3 is 10.6 Å². The number of carbonyl (C=O) groups is 1. The van der Waals surface area contributed by atoms with Crippen molar-refractivity contribution in [2.45, 2.75) is 26.2 Å². The highest BCUT2D eigenvalue weighted by atomic mass is 16.2. The molecule has 0 radical (unpaired) electrons. The highest BCUT2D eigenvalue weighted by Gasteiger charge is 2.10. The fraction of sp³-hybridized carbons (Fsp3) is 0.571. The highest BCUT2D eigenvalue weighted by Crippen LogP contribution is 2.06. The Bertz CT molecular complexity index is 353. The summed E-state index contributed by atoms with van der Waals surface area (Å²) in [5.41, 5.74) is 6.56. The minimum absolute atomic E-state index is 0.186. The van der Waals surface area contributed by atoms with Crippen LogP contribution in [0.25, 0.3) is 0 Å². The molecule has 1 unspecified atom stereocenters. The molecule has 0 spiro atoms. The normalized spacial score (nSPS) is 12.2. The predicted molar refractivity (Wildman–Crippen MR) is 73.0 cm³/mol. The first-order chi connectivity index (χ1) is 8.63. The number of likely N-dealkylation sites (N-methyl/N-ethyl adjacent to an activating group) is 1. The van der Waals surface area contributed by atoms with Crippen LogP contribution in [0.4, 0.5) is 0 Å². The molecule has 0 aliphatic rings. The Morgan fingerprint density at radius 3 is 2.89 bits per heavy atom. The molecule has 1 atom stereocenters. The summed E-state index contributed by atoms with van der Waals surface area (Å²) in [4.78, 5) is 17.9. The second-order valence-electron chi connectivity index (χ2n) is 4.77. The zero-order chi connectivity index (χ0) is 13.4. The lowest BCUT2D eigenvalue weighted by Gasteiger charge is -2.18. The van der Waals surface area contributed by atoms with Crippen LogP contribution in [0.2, 0.25) is 0 Å². The van der Waals surface area contributed by atoms with Gasteiger partial charge in [-0.1, -0.05) is 13.0 Å². The fourth-order valence-corrected chi connectivity index (χ4v) is 1.63. The number of aromatic nitrogens is 1. The number of nitrogens with zero attached hydrogens (tertiary/aromatic N) is 2. The number of amides is 1. The van der Waals surface area contributed by atoms with Crippen LogP contribution < -0.4 is 5.73 Å². The van der Waals surface area contributed by atoms with Crippen LogP contribution in [-0.2, 0) is 11.2 Å². The van der Waals surface area contributed by atoms with E-state index in [1.807, 2.05) is 25.2 Å². The highest BCUT2D eigenvalue weighted by molar-refractivity contribution is 5.75. The zero-order valence-electron chi connectivity index (χ0n) is 11.3. The molecule has 4 nitrogen and oxygen atoms in total. The van der Waals surface area contributed by atoms with Crippen LogP contribution in [0.1, 0.15) is 25.5 Å². The van der Waals surface area contributed by atoms with E-state index in [1.54, 1.807) is 11.1 Å². The molecular formula is C14H23N3O. The number of hydrogen-bond acceptors (Lipinski definition) is 3. The summed E-state index contributed by atoms with van der Waals surface area (Å²) in [7, 11) is 1.85. The van der Waals surface area contributed by atoms with Crippen molar-refractivity contribution in [2.24, 2.45) is 11.7 Å². The molecule has 1 heterocycles. The summed E-state index contributed by atoms with van der Waals surface area (Å²) in [6.07, 6.45) is 4.02. The Morgan fingerprint density at radius 1 is 1.50 bits per heavy atom. The van der Waals surface area contributed by atoms with E-state index in [1.165, 1.54) is 0 Å². The van der Waals surface area contributed by atoms with Crippen molar-refractivity contribution in [1.82, 2.24) is 9.88 Å². The van der Waals surface area contributed by atoms with Gasteiger partial charge in [-0.25, -0.2) is 0 Å². The van der Waals surface area contributed by atoms with Gasteiger partial charge >= 0.3 is 0 Å². The topological polar surface area (TPSA) is 59.2 Å². The van der Waals surface area contributed by atoms with Gasteiger partial charge in [-0.3, -0.25) is 9.78 Å². The van der Waals surface area contributed by atoms with Crippen LogP contribution in [0.3, 0.4) is 0 Å². The zero-order valence-corrected chi connectivity index (χ0v) is 11.3. The summed E-state index contributed by atoms with van der Waals surface area (Å²) in [6.45, 7) is 3.43. The summed E-state index contributed by atoms with van der Waals surface area (Å²) in [6, 6.07) is 5.84. The third kappa shape index (κ3) is 5.27. The number of pyridine rings is 1. The number of nitrogens with two attached hydrogens (primary N) is 1. The smallest absolute Gasteiger partial charge is 0.222 e. The summed E-state index contributed by atoms with van der Waals surface area (Å²) in [5, 5.41) is 0. The molecule has 0 saturated carbocycles. The standard InChI is InChI=1S/C14H23N3O/c1-12(11-15)6-7-14(18)17(2)10-8-13-5-3-4-9-16-13/h3-5,9,12H,6-8,10-11,15H2,1-2H3. The van der Waals surface area contributed by atoms with E-state index >= 15 is 0 Å². The number of hydrogen-bond donors (Lipinski definition) is 1. The van der Waals surface area contributed by atoms with Crippen LogP contribution in [0, 0.1) is 5.92 Å². The molecule has 1 aromatic heterocycles. The number of rotatable bonds is 7. The maximum absolute atomic E-state index is 11.8. The van der Waals surface area contributed by atoms with Gasteiger partial charge in [0.15, 0.2) is 0 Å². The van der Waals surface area contributed by atoms with Gasteiger partial charge in [-0.05, 0) is 31.0 Å². The Labute approximate surface area is 109 Å². The van der Waals surface area contributed by atoms with Crippen molar-refractivity contribution in [2.75, 3.05) is 20.1 Å². The summed E-state index contributed by atoms with van der Waals surface area (Å²) in [5.74, 6) is 0.601. The van der Waals surface area contributed by atoms with Crippen molar-refractivity contribution in [3.63, 3.8) is 0 Å². The molecule has 4 heteroatoms. The van der Waals surface area contributed by atoms with Gasteiger partial charge in [0.2, 0.25) is 5.91 Å². The maximum Gasteiger partial charge on any atom is 0.222 e. The first kappa shape index (κ1) is 14.6. The first-order valence-electron chi connectivity index (χ1n) is 6.47. The van der Waals surface area contributed by atoms with Gasteiger partial charge in [-0.2, -0.15) is 0 Å². The van der Waals surface area contributed by atoms with E-state index in [4.69, 9.17) is 5.73 Å². The maximum atomic E-state index is 11.8. The molecule has 2 N–H and O–H groups in total. The average molecular weight is 249 g/mol. The Morgan fingerprint density at radius 2 is 2.28 bits per heavy atom. The van der Waals surface area contributed by atoms with Gasteiger partial charge in [0, 0.05) is 38.3 Å². The molecule has 1 amide bonds. The van der Waals surface area contributed by atoms with E-state index in [0.29, 0.717) is 25.4 Å².